The number of carbonyl (C=O) groups is 23. The summed E-state index contributed by atoms with van der Waals surface area (Å²) in [6.45, 7) is 9.93. The van der Waals surface area contributed by atoms with Crippen LogP contribution in [0.3, 0.4) is 0 Å². The van der Waals surface area contributed by atoms with Gasteiger partial charge in [0.25, 0.3) is 0 Å². The monoisotopic (exact) mass is 2160 g/mol. The van der Waals surface area contributed by atoms with Crippen LogP contribution < -0.4 is 117 Å². The van der Waals surface area contributed by atoms with E-state index in [0.29, 0.717) is 54.7 Å². The lowest BCUT2D eigenvalue weighted by Crippen LogP contribution is -2.62. The molecule has 0 spiro atoms. The molecule has 5 aromatic rings. The Morgan fingerprint density at radius 1 is 0.400 bits per heavy atom. The summed E-state index contributed by atoms with van der Waals surface area (Å²) < 4.78 is 0. The van der Waals surface area contributed by atoms with E-state index in [2.05, 4.69) is 117 Å². The number of aromatic hydroxyl groups is 1. The van der Waals surface area contributed by atoms with Crippen LogP contribution in [0, 0.1) is 23.7 Å². The van der Waals surface area contributed by atoms with E-state index in [4.69, 9.17) is 5.73 Å². The highest BCUT2D eigenvalue weighted by Gasteiger charge is 2.42. The molecule has 3 aliphatic heterocycles. The highest BCUT2D eigenvalue weighted by Crippen LogP contribution is 2.28. The van der Waals surface area contributed by atoms with E-state index >= 15 is 38.4 Å². The quantitative estimate of drug-likeness (QED) is 0.0287. The predicted octanol–water partition coefficient (Wildman–Crippen LogP) is -5.56. The number of carboxylic acids is 1. The molecule has 8 rings (SSSR count). The number of para-hydroxylation sites is 1. The minimum absolute atomic E-state index is 0.170. The Balaban J connectivity index is 1.31. The molecule has 1 aromatic heterocycles. The number of aromatic nitrogens is 1. The SMILES string of the molecule is CC[C@H](C)[C@H]1NC(=O)[C@H](C)NC(=O)[C@@H](Cc2ccc(O)cc2)NC(=O)CNC(=O)[C@H]2CSSC[C@H]3NC(=O)C[C@H](NC(=O)[C@H](CC(N)=O)NC(=O)C(CSSC[C@@H](C(=O)N[C@@H](Cc4ccccc4)C(=O)N[C@@H](Cc4c[nH]c5ccccc45)C(=O)O)NC(=O)[C@H](C(C)C)NC1=O)NC(=O)[C@H](CO)NC(=O)CNC(=O)[C@H](C(C)C)NC(=O)CNC(=O)[C@H](CC(C)C)NC3=O)C(=O)N[C@@H](Cc1ccccc1)C(=O)N[C@H](C)C(=O)NCC(=O)N2. The third-order valence-electron chi connectivity index (χ3n) is 24.0. The van der Waals surface area contributed by atoms with Gasteiger partial charge in [0.05, 0.1) is 45.6 Å². The summed E-state index contributed by atoms with van der Waals surface area (Å²) in [5, 5.41) is 84.2. The van der Waals surface area contributed by atoms with Gasteiger partial charge in [-0.1, -0.05) is 196 Å². The molecule has 0 saturated carbocycles. The van der Waals surface area contributed by atoms with Crippen LogP contribution in [0.15, 0.2) is 115 Å². The average molecular weight is 2160 g/mol. The van der Waals surface area contributed by atoms with Crippen LogP contribution in [0.2, 0.25) is 0 Å². The molecular formula is C97H131N23O26S4. The maximum atomic E-state index is 15.6. The Bertz CT molecular complexity index is 5670. The molecule has 0 aliphatic carbocycles. The van der Waals surface area contributed by atoms with Crippen molar-refractivity contribution < 1.29 is 126 Å². The van der Waals surface area contributed by atoms with Gasteiger partial charge in [0.15, 0.2) is 0 Å². The summed E-state index contributed by atoms with van der Waals surface area (Å²) >= 11 is 0. The normalized spacial score (nSPS) is 24.8. The standard InChI is InChI=1S/C97H131N23O26S4/c1-11-50(8)80-96(144)119-79(49(6)7)95(143)117-71(93(141)112-63(32-54-22-16-13-17-23-54)87(135)115-66(97(145)146)34-56-37-99-59-25-19-18-24-58(56)59)46-150-149-45-70-92(140)113-64(35-72(98)123)88(136)114-65-36-73(124)108-69(91(139)110-60(30-47(2)3)83(131)101-41-77(128)118-78(48(4)5)94(142)103-40-75(126)107-67(42-121)90(138)116-70)44-148-147-43-68(109-76(127)38-100-81(129)51(9)104-86(134)62(111-89(65)137)31-53-20-14-12-15-21-53)84(132)102-39-74(125)106-61(33-55-26-28-57(122)29-27-55)85(133)105-52(10)82(130)120-80/h12-29,37,47-52,60-71,78-80,99,121-122H,11,30-36,38-46H2,1-10H3,(H2,98,123)(H,100,129)(H,101,131)(H,102,132)(H,103,142)(H,104,134)(H,105,133)(H,106,125)(H,107,126)(H,108,124)(H,109,127)(H,110,139)(H,111,137)(H,112,141)(H,113,140)(H,114,136)(H,115,135)(H,116,138)(H,117,143)(H,118,128)(H,119,144)(H,120,130)(H,145,146)/t50-,51+,52-,60-,61+,62-,63-,64-,65-,66-,67-,68+,69+,70?,71-,78-,79-,80+/m0/s1. The Hall–Kier alpha value is -14.6. The number of hydrogen-bond donors (Lipinski definition) is 26. The third kappa shape index (κ3) is 38.8. The van der Waals surface area contributed by atoms with Gasteiger partial charge in [-0.25, -0.2) is 4.79 Å². The zero-order valence-corrected chi connectivity index (χ0v) is 87.3. The summed E-state index contributed by atoms with van der Waals surface area (Å²) in [4.78, 5) is 339. The number of fused-ring (bicyclic) bond motifs is 10. The largest absolute Gasteiger partial charge is 0.508 e. The van der Waals surface area contributed by atoms with Crippen molar-refractivity contribution >= 4 is 190 Å². The first-order valence-corrected chi connectivity index (χ1v) is 53.4. The minimum Gasteiger partial charge on any atom is -0.508 e. The summed E-state index contributed by atoms with van der Waals surface area (Å²) in [5.41, 5.74) is 8.02. The Kier molecular flexibility index (Phi) is 47.9. The van der Waals surface area contributed by atoms with Crippen molar-refractivity contribution in [3.05, 3.63) is 138 Å². The second-order valence-electron chi connectivity index (χ2n) is 37.2. The molecule has 1 unspecified atom stereocenters. The van der Waals surface area contributed by atoms with Crippen molar-refractivity contribution in [3.8, 4) is 5.75 Å². The number of H-pyrrole nitrogens is 1. The van der Waals surface area contributed by atoms with Gasteiger partial charge in [0.2, 0.25) is 130 Å². The van der Waals surface area contributed by atoms with Crippen LogP contribution in [-0.4, -0.2) is 315 Å². The van der Waals surface area contributed by atoms with Gasteiger partial charge in [-0.15, -0.1) is 0 Å². The molecule has 4 bridgehead atoms. The van der Waals surface area contributed by atoms with E-state index in [-0.39, 0.29) is 37.9 Å². The fraction of sp³-hybridized carbons (Fsp3) is 0.495. The molecule has 18 atom stereocenters. The van der Waals surface area contributed by atoms with Crippen molar-refractivity contribution in [2.24, 2.45) is 29.4 Å². The van der Waals surface area contributed by atoms with E-state index in [1.807, 2.05) is 0 Å². The number of aliphatic carboxylic acids is 1. The van der Waals surface area contributed by atoms with Crippen molar-refractivity contribution in [2.45, 2.75) is 223 Å². The van der Waals surface area contributed by atoms with Crippen LogP contribution >= 0.6 is 43.2 Å². The topological polar surface area (TPSA) is 748 Å². The lowest BCUT2D eigenvalue weighted by molar-refractivity contribution is -0.142. The Morgan fingerprint density at radius 3 is 1.42 bits per heavy atom. The van der Waals surface area contributed by atoms with E-state index in [9.17, 15) is 87.2 Å². The van der Waals surface area contributed by atoms with Gasteiger partial charge < -0.3 is 138 Å². The van der Waals surface area contributed by atoms with E-state index < -0.39 is 337 Å². The highest BCUT2D eigenvalue weighted by atomic mass is 33.1. The number of benzene rings is 4. The van der Waals surface area contributed by atoms with Gasteiger partial charge in [0.1, 0.15) is 108 Å². The second kappa shape index (κ2) is 59.5. The number of carbonyl (C=O) groups excluding carboxylic acids is 22. The number of phenolic OH excluding ortho intramolecular Hbond substituents is 1. The smallest absolute Gasteiger partial charge is 0.326 e. The summed E-state index contributed by atoms with van der Waals surface area (Å²) in [7, 11) is 2.72. The summed E-state index contributed by atoms with van der Waals surface area (Å²) in [5.74, 6) is -32.8. The maximum Gasteiger partial charge on any atom is 0.326 e. The lowest BCUT2D eigenvalue weighted by atomic mass is 9.96. The number of primary amides is 1. The van der Waals surface area contributed by atoms with Crippen LogP contribution in [-0.2, 0) is 136 Å². The summed E-state index contributed by atoms with van der Waals surface area (Å²) in [6, 6.07) is -2.34. The second-order valence-corrected chi connectivity index (χ2v) is 42.3. The van der Waals surface area contributed by atoms with E-state index in [0.717, 1.165) is 21.6 Å². The Labute approximate surface area is 879 Å². The minimum atomic E-state index is -2.32. The van der Waals surface area contributed by atoms with E-state index in [1.165, 1.54) is 77.9 Å². The van der Waals surface area contributed by atoms with Crippen molar-refractivity contribution in [1.82, 2.24) is 117 Å². The number of aromatic amines is 1. The van der Waals surface area contributed by atoms with Crippen LogP contribution in [0.25, 0.3) is 10.9 Å². The van der Waals surface area contributed by atoms with Gasteiger partial charge in [-0.05, 0) is 84.4 Å². The van der Waals surface area contributed by atoms with E-state index in [1.54, 1.807) is 107 Å². The number of hydrogen-bond acceptors (Lipinski definition) is 29. The fourth-order valence-electron chi connectivity index (χ4n) is 15.4. The number of phenols is 1. The first-order chi connectivity index (χ1) is 71.2. The zero-order valence-electron chi connectivity index (χ0n) is 84.1. The molecule has 3 fully saturated rings. The van der Waals surface area contributed by atoms with Gasteiger partial charge in [-0.2, -0.15) is 0 Å². The molecule has 53 heteroatoms. The predicted molar refractivity (Wildman–Crippen MR) is 552 cm³/mol. The molecule has 3 aliphatic rings. The van der Waals surface area contributed by atoms with Crippen molar-refractivity contribution in [3.63, 3.8) is 0 Å². The molecule has 3 saturated heterocycles. The lowest BCUT2D eigenvalue weighted by Gasteiger charge is -2.30. The van der Waals surface area contributed by atoms with Gasteiger partial charge in [-0.3, -0.25) is 105 Å². The zero-order chi connectivity index (χ0) is 110. The molecule has 0 radical (unpaired) electrons. The average Bonchev–Trinajstić information content (AvgIpc) is 1.63. The first kappa shape index (κ1) is 121. The highest BCUT2D eigenvalue weighted by molar-refractivity contribution is 8.77. The van der Waals surface area contributed by atoms with Crippen LogP contribution in [0.4, 0.5) is 0 Å². The number of nitrogens with one attached hydrogen (secondary N) is 22. The summed E-state index contributed by atoms with van der Waals surface area (Å²) in [6.07, 6.45) is -2.37. The molecular weight excluding hydrogens is 2030 g/mol. The van der Waals surface area contributed by atoms with Gasteiger partial charge >= 0.3 is 5.97 Å². The fourth-order valence-corrected chi connectivity index (χ4v) is 20.1. The molecule has 4 aromatic carbocycles. The van der Waals surface area contributed by atoms with Gasteiger partial charge in [0, 0.05) is 65.8 Å². The maximum absolute atomic E-state index is 15.6. The molecule has 150 heavy (non-hydrogen) atoms. The Morgan fingerprint density at radius 2 is 0.847 bits per heavy atom. The number of aliphatic hydroxyl groups is 1. The van der Waals surface area contributed by atoms with Crippen LogP contribution in [0.1, 0.15) is 117 Å². The number of amides is 22. The number of nitrogens with two attached hydrogens (primary N) is 1. The number of aliphatic hydroxyl groups excluding tert-OH is 1. The van der Waals surface area contributed by atoms with Crippen molar-refractivity contribution in [2.75, 3.05) is 55.8 Å². The number of carboxylic acid groups (broad SMARTS) is 1. The molecule has 4 heterocycles. The molecule has 27 N–H and O–H groups in total. The molecule has 49 nitrogen and oxygen atoms in total. The van der Waals surface area contributed by atoms with Crippen molar-refractivity contribution in [1.29, 1.82) is 0 Å². The third-order valence-corrected chi connectivity index (χ3v) is 28.8. The molecule has 22 amide bonds. The first-order valence-electron chi connectivity index (χ1n) is 48.4. The molecule has 814 valence electrons. The number of rotatable bonds is 22. The van der Waals surface area contributed by atoms with Crippen LogP contribution in [0.5, 0.6) is 5.75 Å².